The zero-order valence-corrected chi connectivity index (χ0v) is 10.3. The van der Waals surface area contributed by atoms with Crippen LogP contribution in [0.25, 0.3) is 0 Å². The molecular formula is C14H14N2O2. The van der Waals surface area contributed by atoms with Crippen LogP contribution in [-0.2, 0) is 0 Å². The Morgan fingerprint density at radius 1 is 1.17 bits per heavy atom. The van der Waals surface area contributed by atoms with Crippen LogP contribution >= 0.6 is 0 Å². The van der Waals surface area contributed by atoms with Crippen LogP contribution in [0.15, 0.2) is 52.0 Å². The van der Waals surface area contributed by atoms with Crippen molar-refractivity contribution in [2.24, 2.45) is 5.10 Å². The lowest BCUT2D eigenvalue weighted by Gasteiger charge is -2.01. The lowest BCUT2D eigenvalue weighted by Crippen LogP contribution is -2.18. The maximum atomic E-state index is 11.7. The van der Waals surface area contributed by atoms with Crippen LogP contribution in [-0.4, -0.2) is 11.6 Å². The van der Waals surface area contributed by atoms with Gasteiger partial charge in [0.25, 0.3) is 0 Å². The molecule has 1 amide bonds. The number of carbonyl (C=O) groups excluding carboxylic acids is 1. The van der Waals surface area contributed by atoms with Crippen LogP contribution in [0.2, 0.25) is 0 Å². The van der Waals surface area contributed by atoms with Crippen LogP contribution in [0.4, 0.5) is 0 Å². The van der Waals surface area contributed by atoms with Gasteiger partial charge in [-0.1, -0.05) is 30.3 Å². The van der Waals surface area contributed by atoms with Gasteiger partial charge in [-0.15, -0.1) is 0 Å². The van der Waals surface area contributed by atoms with Gasteiger partial charge in [0.15, 0.2) is 5.76 Å². The summed E-state index contributed by atoms with van der Waals surface area (Å²) in [5.41, 5.74) is 4.17. The van der Waals surface area contributed by atoms with Crippen molar-refractivity contribution in [1.29, 1.82) is 0 Å². The van der Waals surface area contributed by atoms with E-state index in [9.17, 15) is 4.79 Å². The molecule has 92 valence electrons. The van der Waals surface area contributed by atoms with E-state index in [4.69, 9.17) is 4.42 Å². The maximum Gasteiger partial charge on any atom is 0.307 e. The van der Waals surface area contributed by atoms with Crippen molar-refractivity contribution in [3.05, 3.63) is 59.5 Å². The predicted octanol–water partition coefficient (Wildman–Crippen LogP) is 2.74. The van der Waals surface area contributed by atoms with E-state index in [-0.39, 0.29) is 11.7 Å². The van der Waals surface area contributed by atoms with Crippen LogP contribution < -0.4 is 5.43 Å². The predicted molar refractivity (Wildman–Crippen MR) is 69.6 cm³/mol. The van der Waals surface area contributed by atoms with Crippen molar-refractivity contribution >= 4 is 11.6 Å². The lowest BCUT2D eigenvalue weighted by atomic mass is 10.1. The second kappa shape index (κ2) is 5.31. The topological polar surface area (TPSA) is 54.6 Å². The third-order valence-corrected chi connectivity index (χ3v) is 2.48. The highest BCUT2D eigenvalue weighted by atomic mass is 16.3. The fourth-order valence-corrected chi connectivity index (χ4v) is 1.49. The molecule has 0 aliphatic rings. The van der Waals surface area contributed by atoms with Gasteiger partial charge in [0, 0.05) is 0 Å². The minimum atomic E-state index is -0.349. The molecule has 0 spiro atoms. The van der Waals surface area contributed by atoms with Crippen molar-refractivity contribution in [3.63, 3.8) is 0 Å². The van der Waals surface area contributed by atoms with Crippen molar-refractivity contribution < 1.29 is 9.21 Å². The quantitative estimate of drug-likeness (QED) is 0.664. The Bertz CT molecular complexity index is 570. The molecule has 4 nitrogen and oxygen atoms in total. The summed E-state index contributed by atoms with van der Waals surface area (Å²) in [5.74, 6) is 0.611. The summed E-state index contributed by atoms with van der Waals surface area (Å²) in [6, 6.07) is 13.0. The van der Waals surface area contributed by atoms with Gasteiger partial charge >= 0.3 is 5.91 Å². The molecule has 1 aromatic heterocycles. The van der Waals surface area contributed by atoms with E-state index in [0.717, 1.165) is 11.3 Å². The van der Waals surface area contributed by atoms with E-state index < -0.39 is 0 Å². The molecule has 0 saturated heterocycles. The van der Waals surface area contributed by atoms with E-state index in [1.165, 1.54) is 0 Å². The zero-order chi connectivity index (χ0) is 13.0. The molecule has 0 radical (unpaired) electrons. The van der Waals surface area contributed by atoms with Gasteiger partial charge in [-0.25, -0.2) is 5.43 Å². The van der Waals surface area contributed by atoms with Crippen LogP contribution in [0.1, 0.15) is 28.8 Å². The third kappa shape index (κ3) is 2.85. The summed E-state index contributed by atoms with van der Waals surface area (Å²) in [5, 5.41) is 4.04. The van der Waals surface area contributed by atoms with E-state index in [1.807, 2.05) is 37.3 Å². The SMILES string of the molecule is C/C(=N\NC(=O)c1ccc(C)o1)c1ccccc1. The molecule has 4 heteroatoms. The second-order valence-corrected chi connectivity index (χ2v) is 3.91. The first-order valence-corrected chi connectivity index (χ1v) is 5.63. The molecule has 18 heavy (non-hydrogen) atoms. The minimum absolute atomic E-state index is 0.261. The van der Waals surface area contributed by atoms with Gasteiger partial charge in [-0.2, -0.15) is 5.10 Å². The van der Waals surface area contributed by atoms with Gasteiger partial charge in [0.1, 0.15) is 5.76 Å². The number of furan rings is 1. The number of hydrogen-bond donors (Lipinski definition) is 1. The molecule has 2 rings (SSSR count). The number of rotatable bonds is 3. The fraction of sp³-hybridized carbons (Fsp3) is 0.143. The molecule has 1 N–H and O–H groups in total. The van der Waals surface area contributed by atoms with Crippen molar-refractivity contribution in [2.75, 3.05) is 0 Å². The minimum Gasteiger partial charge on any atom is -0.456 e. The Morgan fingerprint density at radius 3 is 2.50 bits per heavy atom. The van der Waals surface area contributed by atoms with Crippen LogP contribution in [0.5, 0.6) is 0 Å². The summed E-state index contributed by atoms with van der Waals surface area (Å²) in [7, 11) is 0. The lowest BCUT2D eigenvalue weighted by molar-refractivity contribution is 0.0926. The molecule has 0 saturated carbocycles. The molecule has 0 fully saturated rings. The first kappa shape index (κ1) is 12.1. The number of carbonyl (C=O) groups is 1. The van der Waals surface area contributed by atoms with Crippen molar-refractivity contribution in [2.45, 2.75) is 13.8 Å². The summed E-state index contributed by atoms with van der Waals surface area (Å²) in [6.07, 6.45) is 0. The molecule has 0 bridgehead atoms. The first-order chi connectivity index (χ1) is 8.66. The fourth-order valence-electron chi connectivity index (χ4n) is 1.49. The number of nitrogens with zero attached hydrogens (tertiary/aromatic N) is 1. The first-order valence-electron chi connectivity index (χ1n) is 5.63. The van der Waals surface area contributed by atoms with Gasteiger partial charge in [-0.3, -0.25) is 4.79 Å². The van der Waals surface area contributed by atoms with Gasteiger partial charge in [0.2, 0.25) is 0 Å². The standard InChI is InChI=1S/C14H14N2O2/c1-10-8-9-13(18-10)14(17)16-15-11(2)12-6-4-3-5-7-12/h3-9H,1-2H3,(H,16,17)/b15-11+. The Labute approximate surface area is 105 Å². The average Bonchev–Trinajstić information content (AvgIpc) is 2.83. The average molecular weight is 242 g/mol. The number of hydrogen-bond acceptors (Lipinski definition) is 3. The van der Waals surface area contributed by atoms with Crippen molar-refractivity contribution in [3.8, 4) is 0 Å². The molecule has 0 atom stereocenters. The van der Waals surface area contributed by atoms with Gasteiger partial charge in [0.05, 0.1) is 5.71 Å². The highest BCUT2D eigenvalue weighted by Crippen LogP contribution is 2.06. The summed E-state index contributed by atoms with van der Waals surface area (Å²) in [6.45, 7) is 3.62. The summed E-state index contributed by atoms with van der Waals surface area (Å²) in [4.78, 5) is 11.7. The number of amides is 1. The monoisotopic (exact) mass is 242 g/mol. The number of benzene rings is 1. The van der Waals surface area contributed by atoms with E-state index in [2.05, 4.69) is 10.5 Å². The largest absolute Gasteiger partial charge is 0.456 e. The van der Waals surface area contributed by atoms with E-state index in [0.29, 0.717) is 5.76 Å². The molecule has 1 aromatic carbocycles. The van der Waals surface area contributed by atoms with Gasteiger partial charge < -0.3 is 4.42 Å². The number of aryl methyl sites for hydroxylation is 1. The van der Waals surface area contributed by atoms with E-state index >= 15 is 0 Å². The summed E-state index contributed by atoms with van der Waals surface area (Å²) < 4.78 is 5.20. The van der Waals surface area contributed by atoms with Crippen LogP contribution in [0, 0.1) is 6.92 Å². The number of hydrazone groups is 1. The smallest absolute Gasteiger partial charge is 0.307 e. The van der Waals surface area contributed by atoms with Crippen molar-refractivity contribution in [1.82, 2.24) is 5.43 Å². The van der Waals surface area contributed by atoms with Crippen LogP contribution in [0.3, 0.4) is 0 Å². The molecule has 0 unspecified atom stereocenters. The maximum absolute atomic E-state index is 11.7. The Morgan fingerprint density at radius 2 is 1.89 bits per heavy atom. The normalized spacial score (nSPS) is 11.3. The Balaban J connectivity index is 2.05. The summed E-state index contributed by atoms with van der Waals surface area (Å²) >= 11 is 0. The third-order valence-electron chi connectivity index (χ3n) is 2.48. The van der Waals surface area contributed by atoms with Gasteiger partial charge in [-0.05, 0) is 31.5 Å². The molecule has 1 heterocycles. The van der Waals surface area contributed by atoms with E-state index in [1.54, 1.807) is 19.1 Å². The molecule has 0 aliphatic heterocycles. The second-order valence-electron chi connectivity index (χ2n) is 3.91. The Kier molecular flexibility index (Phi) is 3.57. The highest BCUT2D eigenvalue weighted by Gasteiger charge is 2.08. The molecule has 0 aliphatic carbocycles. The zero-order valence-electron chi connectivity index (χ0n) is 10.3. The Hall–Kier alpha value is -2.36. The molecular weight excluding hydrogens is 228 g/mol. The highest BCUT2D eigenvalue weighted by molar-refractivity contribution is 6.00. The number of nitrogens with one attached hydrogen (secondary N) is 1. The molecule has 2 aromatic rings.